The largest absolute Gasteiger partial charge is 0.508 e. The number of rotatable bonds is 3. The van der Waals surface area contributed by atoms with Gasteiger partial charge in [-0.15, -0.1) is 0 Å². The Morgan fingerprint density at radius 1 is 0.897 bits per heavy atom. The monoisotopic (exact) mass is 508 g/mol. The summed E-state index contributed by atoms with van der Waals surface area (Å²) in [7, 11) is 0. The molecule has 3 aromatic carbocycles. The van der Waals surface area contributed by atoms with Gasteiger partial charge < -0.3 is 5.11 Å². The van der Waals surface area contributed by atoms with Crippen molar-refractivity contribution in [3.05, 3.63) is 96.9 Å². The Morgan fingerprint density at radius 3 is 2.34 bits per heavy atom. The summed E-state index contributed by atoms with van der Waals surface area (Å²) >= 11 is 22.1. The van der Waals surface area contributed by atoms with Crippen LogP contribution in [0.5, 0.6) is 5.75 Å². The summed E-state index contributed by atoms with van der Waals surface area (Å²) < 4.78 is 0.892. The molecule has 148 valence electrons. The maximum Gasteiger partial charge on any atom is 0.127 e. The Labute approximate surface area is 192 Å². The first-order valence-electron chi connectivity index (χ1n) is 8.93. The van der Waals surface area contributed by atoms with E-state index in [9.17, 15) is 5.11 Å². The van der Waals surface area contributed by atoms with E-state index in [0.717, 1.165) is 26.9 Å². The van der Waals surface area contributed by atoms with Crippen molar-refractivity contribution in [1.82, 2.24) is 5.32 Å². The van der Waals surface area contributed by atoms with E-state index in [1.54, 1.807) is 18.2 Å². The molecular formula is C22H16BrCl3N2O. The molecule has 3 nitrogen and oxygen atoms in total. The SMILES string of the molecule is Oc1ccc(Br)cc1[C@H]1CC(c2ccc(Cl)cc2)=N[C@H](c2ccc(Cl)cc2Cl)N1. The minimum Gasteiger partial charge on any atom is -0.508 e. The zero-order valence-electron chi connectivity index (χ0n) is 15.0. The highest BCUT2D eigenvalue weighted by molar-refractivity contribution is 9.10. The third kappa shape index (κ3) is 4.62. The van der Waals surface area contributed by atoms with Gasteiger partial charge in [-0.25, -0.2) is 0 Å². The number of nitrogens with zero attached hydrogens (tertiary/aromatic N) is 1. The molecule has 29 heavy (non-hydrogen) atoms. The molecule has 4 rings (SSSR count). The third-order valence-corrected chi connectivity index (χ3v) is 6.15. The quantitative estimate of drug-likeness (QED) is 0.387. The first-order chi connectivity index (χ1) is 13.9. The van der Waals surface area contributed by atoms with Crippen molar-refractivity contribution in [2.75, 3.05) is 0 Å². The second kappa shape index (κ2) is 8.66. The van der Waals surface area contributed by atoms with Gasteiger partial charge in [0.05, 0.1) is 0 Å². The normalized spacial score (nSPS) is 19.1. The van der Waals surface area contributed by atoms with E-state index in [0.29, 0.717) is 21.5 Å². The Morgan fingerprint density at radius 2 is 1.62 bits per heavy atom. The summed E-state index contributed by atoms with van der Waals surface area (Å²) in [6.45, 7) is 0. The number of halogens is 4. The molecule has 0 bridgehead atoms. The minimum atomic E-state index is -0.387. The van der Waals surface area contributed by atoms with Crippen molar-refractivity contribution in [3.63, 3.8) is 0 Å². The Bertz CT molecular complexity index is 1090. The van der Waals surface area contributed by atoms with Crippen molar-refractivity contribution < 1.29 is 5.11 Å². The summed E-state index contributed by atoms with van der Waals surface area (Å²) in [5.41, 5.74) is 3.49. The Hall–Kier alpha value is -1.56. The fraction of sp³-hybridized carbons (Fsp3) is 0.136. The third-order valence-electron chi connectivity index (χ3n) is 4.84. The topological polar surface area (TPSA) is 44.6 Å². The Balaban J connectivity index is 1.79. The van der Waals surface area contributed by atoms with Crippen LogP contribution in [0.2, 0.25) is 15.1 Å². The smallest absolute Gasteiger partial charge is 0.127 e. The summed E-state index contributed by atoms with van der Waals surface area (Å²) in [4.78, 5) is 4.91. The maximum atomic E-state index is 10.5. The van der Waals surface area contributed by atoms with Gasteiger partial charge in [0.2, 0.25) is 0 Å². The number of hydrogen-bond donors (Lipinski definition) is 2. The van der Waals surface area contributed by atoms with Crippen LogP contribution < -0.4 is 5.32 Å². The zero-order chi connectivity index (χ0) is 20.5. The van der Waals surface area contributed by atoms with Crippen LogP contribution in [-0.2, 0) is 0 Å². The predicted molar refractivity (Wildman–Crippen MR) is 123 cm³/mol. The number of benzene rings is 3. The molecule has 1 aliphatic heterocycles. The number of phenolic OH excluding ortho intramolecular Hbond substituents is 1. The van der Waals surface area contributed by atoms with E-state index in [2.05, 4.69) is 21.2 Å². The van der Waals surface area contributed by atoms with Crippen molar-refractivity contribution in [2.24, 2.45) is 4.99 Å². The van der Waals surface area contributed by atoms with Gasteiger partial charge in [0.15, 0.2) is 0 Å². The van der Waals surface area contributed by atoms with Crippen molar-refractivity contribution in [3.8, 4) is 5.75 Å². The van der Waals surface area contributed by atoms with E-state index in [1.165, 1.54) is 0 Å². The highest BCUT2D eigenvalue weighted by atomic mass is 79.9. The second-order valence-corrected chi connectivity index (χ2v) is 8.97. The average Bonchev–Trinajstić information content (AvgIpc) is 2.70. The van der Waals surface area contributed by atoms with Crippen LogP contribution in [0.3, 0.4) is 0 Å². The fourth-order valence-corrected chi connectivity index (χ4v) is 4.43. The van der Waals surface area contributed by atoms with Gasteiger partial charge in [-0.1, -0.05) is 68.9 Å². The van der Waals surface area contributed by atoms with Crippen LogP contribution in [0.15, 0.2) is 70.1 Å². The lowest BCUT2D eigenvalue weighted by atomic mass is 9.93. The molecule has 0 aromatic heterocycles. The number of phenols is 1. The van der Waals surface area contributed by atoms with Crippen molar-refractivity contribution in [2.45, 2.75) is 18.6 Å². The molecule has 0 radical (unpaired) electrons. The van der Waals surface area contributed by atoms with Crippen molar-refractivity contribution in [1.29, 1.82) is 0 Å². The van der Waals surface area contributed by atoms with Crippen LogP contribution in [0, 0.1) is 0 Å². The molecule has 0 aliphatic carbocycles. The van der Waals surface area contributed by atoms with E-state index in [4.69, 9.17) is 39.8 Å². The van der Waals surface area contributed by atoms with Crippen molar-refractivity contribution >= 4 is 56.4 Å². The number of hydrogen-bond acceptors (Lipinski definition) is 3. The summed E-state index contributed by atoms with van der Waals surface area (Å²) in [6, 6.07) is 18.2. The summed E-state index contributed by atoms with van der Waals surface area (Å²) in [6.07, 6.45) is 0.218. The van der Waals surface area contributed by atoms with E-state index >= 15 is 0 Å². The van der Waals surface area contributed by atoms with Gasteiger partial charge in [0, 0.05) is 48.8 Å². The van der Waals surface area contributed by atoms with Crippen LogP contribution in [0.25, 0.3) is 0 Å². The van der Waals surface area contributed by atoms with E-state index < -0.39 is 0 Å². The molecule has 3 aromatic rings. The molecule has 0 fully saturated rings. The summed E-state index contributed by atoms with van der Waals surface area (Å²) in [5.74, 6) is 0.226. The van der Waals surface area contributed by atoms with Gasteiger partial charge in [-0.2, -0.15) is 0 Å². The predicted octanol–water partition coefficient (Wildman–Crippen LogP) is 7.34. The lowest BCUT2D eigenvalue weighted by Gasteiger charge is -2.31. The average molecular weight is 511 g/mol. The van der Waals surface area contributed by atoms with Crippen LogP contribution in [0.1, 0.15) is 35.3 Å². The lowest BCUT2D eigenvalue weighted by molar-refractivity contribution is 0.412. The first kappa shape index (κ1) is 20.7. The van der Waals surface area contributed by atoms with Gasteiger partial charge >= 0.3 is 0 Å². The molecular weight excluding hydrogens is 495 g/mol. The van der Waals surface area contributed by atoms with Crippen LogP contribution in [-0.4, -0.2) is 10.8 Å². The zero-order valence-corrected chi connectivity index (χ0v) is 18.9. The van der Waals surface area contributed by atoms with Crippen LogP contribution >= 0.6 is 50.7 Å². The minimum absolute atomic E-state index is 0.160. The lowest BCUT2D eigenvalue weighted by Crippen LogP contribution is -2.33. The molecule has 0 amide bonds. The Kier molecular flexibility index (Phi) is 6.19. The molecule has 1 aliphatic rings. The molecule has 2 atom stereocenters. The highest BCUT2D eigenvalue weighted by Crippen LogP contribution is 2.37. The van der Waals surface area contributed by atoms with Gasteiger partial charge in [0.25, 0.3) is 0 Å². The number of aromatic hydroxyl groups is 1. The fourth-order valence-electron chi connectivity index (χ4n) is 3.41. The van der Waals surface area contributed by atoms with E-state index in [1.807, 2.05) is 42.5 Å². The van der Waals surface area contributed by atoms with Gasteiger partial charge in [-0.3, -0.25) is 10.3 Å². The first-order valence-corrected chi connectivity index (χ1v) is 10.9. The molecule has 0 saturated carbocycles. The highest BCUT2D eigenvalue weighted by Gasteiger charge is 2.28. The number of nitrogens with one attached hydrogen (secondary N) is 1. The molecule has 2 N–H and O–H groups in total. The molecule has 1 heterocycles. The summed E-state index contributed by atoms with van der Waals surface area (Å²) in [5, 5.41) is 15.7. The standard InChI is InChI=1S/C22H16BrCl3N2O/c23-13-3-8-21(29)17(9-13)20-11-19(12-1-4-14(24)5-2-12)27-22(28-20)16-7-6-15(25)10-18(16)26/h1-10,20,22,28-29H,11H2/t20-,22+/m1/s1. The molecule has 0 saturated heterocycles. The molecule has 7 heteroatoms. The van der Waals surface area contributed by atoms with E-state index in [-0.39, 0.29) is 18.0 Å². The molecule has 0 spiro atoms. The maximum absolute atomic E-state index is 10.5. The molecule has 0 unspecified atom stereocenters. The van der Waals surface area contributed by atoms with Crippen LogP contribution in [0.4, 0.5) is 0 Å². The number of aliphatic imine (C=N–C) groups is 1. The van der Waals surface area contributed by atoms with Gasteiger partial charge in [0.1, 0.15) is 11.9 Å². The second-order valence-electron chi connectivity index (χ2n) is 6.78. The van der Waals surface area contributed by atoms with Gasteiger partial charge in [-0.05, 0) is 48.0 Å².